The van der Waals surface area contributed by atoms with Gasteiger partial charge in [-0.3, -0.25) is 10.1 Å². The number of rotatable bonds is 4. The van der Waals surface area contributed by atoms with Gasteiger partial charge in [-0.15, -0.1) is 11.8 Å². The van der Waals surface area contributed by atoms with Crippen molar-refractivity contribution >= 4 is 23.0 Å². The van der Waals surface area contributed by atoms with E-state index in [0.717, 1.165) is 11.1 Å². The number of hydrogen-bond acceptors (Lipinski definition) is 4. The van der Waals surface area contributed by atoms with Crippen LogP contribution >= 0.6 is 11.8 Å². The number of aromatic nitrogens is 1. The van der Waals surface area contributed by atoms with E-state index in [1.807, 2.05) is 36.4 Å². The van der Waals surface area contributed by atoms with Crippen LogP contribution in [0.5, 0.6) is 0 Å². The Morgan fingerprint density at radius 3 is 2.61 bits per heavy atom. The second-order valence-electron chi connectivity index (χ2n) is 5.05. The first kappa shape index (κ1) is 15.1. The smallest absolute Gasteiger partial charge is 0.301 e. The molecule has 0 bridgehead atoms. The Balaban J connectivity index is 2.17. The van der Waals surface area contributed by atoms with E-state index in [9.17, 15) is 15.4 Å². The summed E-state index contributed by atoms with van der Waals surface area (Å²) in [5.41, 5.74) is 2.89. The van der Waals surface area contributed by atoms with Crippen LogP contribution in [0.1, 0.15) is 16.8 Å². The molecule has 2 heterocycles. The van der Waals surface area contributed by atoms with Crippen molar-refractivity contribution in [3.8, 4) is 6.07 Å². The zero-order valence-electron chi connectivity index (χ0n) is 12.4. The van der Waals surface area contributed by atoms with Crippen molar-refractivity contribution in [2.45, 2.75) is 11.3 Å². The Kier molecular flexibility index (Phi) is 4.04. The molecule has 0 aliphatic rings. The van der Waals surface area contributed by atoms with E-state index in [-0.39, 0.29) is 5.69 Å². The average molecular weight is 323 g/mol. The summed E-state index contributed by atoms with van der Waals surface area (Å²) in [5.74, 6) is 0. The van der Waals surface area contributed by atoms with Gasteiger partial charge in [-0.05, 0) is 35.9 Å². The van der Waals surface area contributed by atoms with Crippen molar-refractivity contribution in [2.75, 3.05) is 6.26 Å². The monoisotopic (exact) mass is 323 g/mol. The molecule has 0 N–H and O–H groups in total. The summed E-state index contributed by atoms with van der Waals surface area (Å²) < 4.78 is 1.60. The van der Waals surface area contributed by atoms with Gasteiger partial charge in [0.2, 0.25) is 0 Å². The van der Waals surface area contributed by atoms with Crippen molar-refractivity contribution in [1.29, 1.82) is 5.26 Å². The van der Waals surface area contributed by atoms with E-state index in [0.29, 0.717) is 22.5 Å². The molecule has 23 heavy (non-hydrogen) atoms. The number of nitrogens with zero attached hydrogens (tertiary/aromatic N) is 3. The fourth-order valence-corrected chi connectivity index (χ4v) is 3.38. The number of nitro groups is 1. The van der Waals surface area contributed by atoms with Crippen molar-refractivity contribution in [3.05, 3.63) is 75.6 Å². The predicted molar refractivity (Wildman–Crippen MR) is 89.8 cm³/mol. The maximum Gasteiger partial charge on any atom is 0.309 e. The topological polar surface area (TPSA) is 71.3 Å². The second kappa shape index (κ2) is 6.15. The number of thioether (sulfide) groups is 1. The van der Waals surface area contributed by atoms with Crippen LogP contribution < -0.4 is 0 Å². The molecule has 0 saturated carbocycles. The van der Waals surface area contributed by atoms with Crippen LogP contribution in [0, 0.1) is 21.4 Å². The van der Waals surface area contributed by atoms with Gasteiger partial charge in [-0.25, -0.2) is 0 Å². The first-order valence-corrected chi connectivity index (χ1v) is 8.17. The number of nitriles is 1. The first-order valence-electron chi connectivity index (χ1n) is 6.95. The summed E-state index contributed by atoms with van der Waals surface area (Å²) in [6.45, 7) is 0. The van der Waals surface area contributed by atoms with Gasteiger partial charge in [0.05, 0.1) is 4.92 Å². The van der Waals surface area contributed by atoms with E-state index in [4.69, 9.17) is 0 Å². The molecule has 0 fully saturated rings. The van der Waals surface area contributed by atoms with Gasteiger partial charge >= 0.3 is 5.69 Å². The van der Waals surface area contributed by atoms with E-state index in [1.54, 1.807) is 22.9 Å². The Morgan fingerprint density at radius 2 is 2.00 bits per heavy atom. The molecule has 0 spiro atoms. The van der Waals surface area contributed by atoms with Crippen LogP contribution in [-0.4, -0.2) is 15.6 Å². The van der Waals surface area contributed by atoms with Gasteiger partial charge in [-0.1, -0.05) is 30.3 Å². The zero-order chi connectivity index (χ0) is 16.4. The average Bonchev–Trinajstić information content (AvgIpc) is 2.88. The largest absolute Gasteiger partial charge is 0.309 e. The van der Waals surface area contributed by atoms with Crippen LogP contribution in [-0.2, 0) is 6.42 Å². The number of fused-ring (bicyclic) bond motifs is 1. The molecule has 0 aliphatic carbocycles. The molecule has 0 atom stereocenters. The molecule has 1 aromatic carbocycles. The predicted octanol–water partition coefficient (Wildman–Crippen LogP) is 4.03. The Labute approximate surface area is 137 Å². The fraction of sp³-hybridized carbons (Fsp3) is 0.118. The van der Waals surface area contributed by atoms with Gasteiger partial charge < -0.3 is 4.40 Å². The minimum Gasteiger partial charge on any atom is -0.301 e. The van der Waals surface area contributed by atoms with E-state index < -0.39 is 4.92 Å². The minimum atomic E-state index is -0.408. The highest BCUT2D eigenvalue weighted by Crippen LogP contribution is 2.37. The lowest BCUT2D eigenvalue weighted by Gasteiger charge is -2.03. The summed E-state index contributed by atoms with van der Waals surface area (Å²) in [6, 6.07) is 15.7. The van der Waals surface area contributed by atoms with Gasteiger partial charge in [0.15, 0.2) is 0 Å². The maximum absolute atomic E-state index is 11.5. The molecule has 5 nitrogen and oxygen atoms in total. The normalized spacial score (nSPS) is 10.6. The third-order valence-corrected chi connectivity index (χ3v) is 4.47. The van der Waals surface area contributed by atoms with E-state index in [1.165, 1.54) is 11.8 Å². The zero-order valence-corrected chi connectivity index (χ0v) is 13.2. The van der Waals surface area contributed by atoms with Crippen LogP contribution in [0.3, 0.4) is 0 Å². The Bertz CT molecular complexity index is 926. The quantitative estimate of drug-likeness (QED) is 0.413. The highest BCUT2D eigenvalue weighted by Gasteiger charge is 2.26. The van der Waals surface area contributed by atoms with Crippen LogP contribution in [0.4, 0.5) is 5.69 Å². The van der Waals surface area contributed by atoms with E-state index >= 15 is 0 Å². The molecule has 114 valence electrons. The molecule has 2 aromatic heterocycles. The fourth-order valence-electron chi connectivity index (χ4n) is 2.68. The summed E-state index contributed by atoms with van der Waals surface area (Å²) in [5, 5.41) is 20.8. The Morgan fingerprint density at radius 1 is 1.26 bits per heavy atom. The van der Waals surface area contributed by atoms with Gasteiger partial charge in [0.1, 0.15) is 22.2 Å². The SMILES string of the molecule is CSc1c([N+](=O)[O-])c2cc(Cc3ccccc3)ccn2c1C#N. The third kappa shape index (κ3) is 2.67. The van der Waals surface area contributed by atoms with Gasteiger partial charge in [0.25, 0.3) is 0 Å². The van der Waals surface area contributed by atoms with Crippen LogP contribution in [0.25, 0.3) is 5.52 Å². The van der Waals surface area contributed by atoms with Crippen molar-refractivity contribution in [2.24, 2.45) is 0 Å². The van der Waals surface area contributed by atoms with Crippen LogP contribution in [0.2, 0.25) is 0 Å². The number of pyridine rings is 1. The molecular formula is C17H13N3O2S. The van der Waals surface area contributed by atoms with Crippen molar-refractivity contribution in [1.82, 2.24) is 4.40 Å². The summed E-state index contributed by atoms with van der Waals surface area (Å²) in [6.07, 6.45) is 4.17. The lowest BCUT2D eigenvalue weighted by atomic mass is 10.1. The molecule has 0 unspecified atom stereocenters. The molecule has 0 amide bonds. The molecule has 0 aliphatic heterocycles. The molecule has 6 heteroatoms. The van der Waals surface area contributed by atoms with E-state index in [2.05, 4.69) is 6.07 Å². The molecule has 0 saturated heterocycles. The number of hydrogen-bond donors (Lipinski definition) is 0. The maximum atomic E-state index is 11.5. The first-order chi connectivity index (χ1) is 11.2. The standard InChI is InChI=1S/C17H13N3O2S/c1-23-17-15(11-18)19-8-7-13(9-12-5-3-2-4-6-12)10-14(19)16(17)20(21)22/h2-8,10H,9H2,1H3. The van der Waals surface area contributed by atoms with Gasteiger partial charge in [0, 0.05) is 6.20 Å². The lowest BCUT2D eigenvalue weighted by molar-refractivity contribution is -0.385. The Hall–Kier alpha value is -2.78. The molecule has 3 aromatic rings. The molecular weight excluding hydrogens is 310 g/mol. The summed E-state index contributed by atoms with van der Waals surface area (Å²) in [7, 11) is 0. The van der Waals surface area contributed by atoms with Crippen molar-refractivity contribution in [3.63, 3.8) is 0 Å². The summed E-state index contributed by atoms with van der Waals surface area (Å²) in [4.78, 5) is 11.5. The summed E-state index contributed by atoms with van der Waals surface area (Å²) >= 11 is 1.23. The highest BCUT2D eigenvalue weighted by molar-refractivity contribution is 7.98. The molecule has 3 rings (SSSR count). The minimum absolute atomic E-state index is 0.00367. The van der Waals surface area contributed by atoms with Crippen molar-refractivity contribution < 1.29 is 4.92 Å². The van der Waals surface area contributed by atoms with Crippen LogP contribution in [0.15, 0.2) is 53.6 Å². The number of benzene rings is 1. The third-order valence-electron chi connectivity index (χ3n) is 3.68. The highest BCUT2D eigenvalue weighted by atomic mass is 32.2. The van der Waals surface area contributed by atoms with Gasteiger partial charge in [-0.2, -0.15) is 5.26 Å². The second-order valence-corrected chi connectivity index (χ2v) is 5.87. The lowest BCUT2D eigenvalue weighted by Crippen LogP contribution is -1.93. The molecule has 0 radical (unpaired) electrons.